The number of hydrogen-bond donors (Lipinski definition) is 2. The molecule has 31 heavy (non-hydrogen) atoms. The van der Waals surface area contributed by atoms with Gasteiger partial charge in [0, 0.05) is 18.5 Å². The van der Waals surface area contributed by atoms with Gasteiger partial charge in [-0.15, -0.1) is 0 Å². The van der Waals surface area contributed by atoms with Crippen LogP contribution in [0.25, 0.3) is 0 Å². The van der Waals surface area contributed by atoms with Crippen molar-refractivity contribution < 1.29 is 14.3 Å². The summed E-state index contributed by atoms with van der Waals surface area (Å²) < 4.78 is 10.7. The highest BCUT2D eigenvalue weighted by Crippen LogP contribution is 2.37. The number of nitrogens with two attached hydrogens (primary N) is 1. The number of carbonyl (C=O) groups excluding carboxylic acids is 1. The molecule has 4 heterocycles. The molecule has 3 N–H and O–H groups in total. The van der Waals surface area contributed by atoms with E-state index in [0.717, 1.165) is 38.0 Å². The fourth-order valence-electron chi connectivity index (χ4n) is 4.42. The molecule has 1 unspecified atom stereocenters. The minimum Gasteiger partial charge on any atom is -0.493 e. The van der Waals surface area contributed by atoms with Gasteiger partial charge in [-0.05, 0) is 38.3 Å². The maximum absolute atomic E-state index is 13.3. The maximum Gasteiger partial charge on any atom is 0.223 e. The monoisotopic (exact) mass is 446 g/mol. The minimum absolute atomic E-state index is 0.00458. The zero-order chi connectivity index (χ0) is 22.0. The highest BCUT2D eigenvalue weighted by Gasteiger charge is 2.37. The quantitative estimate of drug-likeness (QED) is 0.645. The molecular formula is C21H27ClN6O3. The SMILES string of the molecule is COc1cnc(CN2CC(CC3CCNCC3)C(=O)c3c(Cl)nc(N)nc32)cc1OC. The van der Waals surface area contributed by atoms with E-state index in [2.05, 4.69) is 20.3 Å². The Kier molecular flexibility index (Phi) is 6.43. The predicted octanol–water partition coefficient (Wildman–Crippen LogP) is 2.33. The van der Waals surface area contributed by atoms with Gasteiger partial charge in [-0.25, -0.2) is 4.98 Å². The largest absolute Gasteiger partial charge is 0.493 e. The van der Waals surface area contributed by atoms with Gasteiger partial charge in [-0.2, -0.15) is 4.98 Å². The predicted molar refractivity (Wildman–Crippen MR) is 118 cm³/mol. The number of methoxy groups -OCH3 is 2. The molecule has 0 radical (unpaired) electrons. The van der Waals surface area contributed by atoms with Gasteiger partial charge in [0.1, 0.15) is 11.0 Å². The third kappa shape index (κ3) is 4.52. The lowest BCUT2D eigenvalue weighted by molar-refractivity contribution is 0.0887. The highest BCUT2D eigenvalue weighted by atomic mass is 35.5. The van der Waals surface area contributed by atoms with Gasteiger partial charge in [-0.3, -0.25) is 9.78 Å². The normalized spacial score (nSPS) is 19.3. The molecule has 4 rings (SSSR count). The summed E-state index contributed by atoms with van der Waals surface area (Å²) >= 11 is 6.37. The average molecular weight is 447 g/mol. The second kappa shape index (κ2) is 9.23. The van der Waals surface area contributed by atoms with Crippen LogP contribution in [0.2, 0.25) is 5.15 Å². The van der Waals surface area contributed by atoms with Crippen LogP contribution in [0.3, 0.4) is 0 Å². The lowest BCUT2D eigenvalue weighted by atomic mass is 9.82. The Hall–Kier alpha value is -2.65. The first kappa shape index (κ1) is 21.6. The summed E-state index contributed by atoms with van der Waals surface area (Å²) in [5, 5.41) is 3.48. The number of Topliss-reactive ketones (excluding diaryl/α,β-unsaturated/α-hetero) is 1. The zero-order valence-corrected chi connectivity index (χ0v) is 18.5. The van der Waals surface area contributed by atoms with Crippen LogP contribution in [0.4, 0.5) is 11.8 Å². The van der Waals surface area contributed by atoms with Crippen molar-refractivity contribution in [3.8, 4) is 11.5 Å². The van der Waals surface area contributed by atoms with Gasteiger partial charge in [0.05, 0.1) is 38.2 Å². The summed E-state index contributed by atoms with van der Waals surface area (Å²) in [5.41, 5.74) is 6.95. The number of nitrogens with one attached hydrogen (secondary N) is 1. The van der Waals surface area contributed by atoms with Crippen LogP contribution in [0.15, 0.2) is 12.3 Å². The van der Waals surface area contributed by atoms with Crippen LogP contribution >= 0.6 is 11.6 Å². The number of pyridine rings is 1. The van der Waals surface area contributed by atoms with Crippen molar-refractivity contribution in [3.63, 3.8) is 0 Å². The number of nitrogen functional groups attached to an aromatic ring is 1. The molecule has 1 atom stereocenters. The van der Waals surface area contributed by atoms with Crippen LogP contribution in [-0.2, 0) is 6.54 Å². The first-order valence-electron chi connectivity index (χ1n) is 10.4. The van der Waals surface area contributed by atoms with Gasteiger partial charge in [0.15, 0.2) is 17.3 Å². The molecule has 0 bridgehead atoms. The number of halogens is 1. The standard InChI is InChI=1S/C21H27ClN6O3/c1-30-15-8-14(25-9-16(15)31-2)11-28-10-13(7-12-3-5-24-6-4-12)18(29)17-19(22)26-21(23)27-20(17)28/h8-9,12-13,24H,3-7,10-11H2,1-2H3,(H2,23,26,27). The topological polar surface area (TPSA) is 115 Å². The van der Waals surface area contributed by atoms with Crippen LogP contribution < -0.4 is 25.4 Å². The van der Waals surface area contributed by atoms with E-state index in [1.54, 1.807) is 20.4 Å². The van der Waals surface area contributed by atoms with Crippen LogP contribution in [-0.4, -0.2) is 54.6 Å². The number of ether oxygens (including phenoxy) is 2. The molecule has 2 aliphatic rings. The summed E-state index contributed by atoms with van der Waals surface area (Å²) in [7, 11) is 3.15. The van der Waals surface area contributed by atoms with Crippen molar-refractivity contribution in [1.29, 1.82) is 0 Å². The lowest BCUT2D eigenvalue weighted by Crippen LogP contribution is -2.42. The van der Waals surface area contributed by atoms with Crippen molar-refractivity contribution in [2.75, 3.05) is 44.5 Å². The van der Waals surface area contributed by atoms with E-state index in [0.29, 0.717) is 41.9 Å². The summed E-state index contributed by atoms with van der Waals surface area (Å²) in [6.45, 7) is 2.93. The Morgan fingerprint density at radius 1 is 1.23 bits per heavy atom. The molecule has 0 amide bonds. The van der Waals surface area contributed by atoms with E-state index in [-0.39, 0.29) is 22.8 Å². The van der Waals surface area contributed by atoms with E-state index in [9.17, 15) is 4.79 Å². The number of piperidine rings is 1. The third-order valence-electron chi connectivity index (χ3n) is 5.98. The number of hydrogen-bond acceptors (Lipinski definition) is 9. The second-order valence-corrected chi connectivity index (χ2v) is 8.33. The van der Waals surface area contributed by atoms with Crippen LogP contribution in [0.1, 0.15) is 35.3 Å². The number of anilines is 2. The van der Waals surface area contributed by atoms with E-state index in [1.807, 2.05) is 11.0 Å². The molecular weight excluding hydrogens is 420 g/mol. The number of nitrogens with zero attached hydrogens (tertiary/aromatic N) is 4. The smallest absolute Gasteiger partial charge is 0.223 e. The van der Waals surface area contributed by atoms with Crippen molar-refractivity contribution in [3.05, 3.63) is 28.7 Å². The summed E-state index contributed by atoms with van der Waals surface area (Å²) in [6.07, 6.45) is 4.58. The van der Waals surface area contributed by atoms with Gasteiger partial charge < -0.3 is 25.4 Å². The summed E-state index contributed by atoms with van der Waals surface area (Å²) in [6, 6.07) is 1.82. The Balaban J connectivity index is 1.65. The molecule has 0 aliphatic carbocycles. The van der Waals surface area contributed by atoms with Gasteiger partial charge in [-0.1, -0.05) is 11.6 Å². The molecule has 2 aromatic rings. The Morgan fingerprint density at radius 2 is 1.97 bits per heavy atom. The number of ketones is 1. The molecule has 10 heteroatoms. The lowest BCUT2D eigenvalue weighted by Gasteiger charge is -2.36. The van der Waals surface area contributed by atoms with E-state index in [4.69, 9.17) is 26.8 Å². The van der Waals surface area contributed by atoms with Gasteiger partial charge >= 0.3 is 0 Å². The number of fused-ring (bicyclic) bond motifs is 1. The van der Waals surface area contributed by atoms with Crippen LogP contribution in [0.5, 0.6) is 11.5 Å². The molecule has 166 valence electrons. The minimum atomic E-state index is -0.180. The third-order valence-corrected chi connectivity index (χ3v) is 6.25. The second-order valence-electron chi connectivity index (χ2n) is 7.97. The van der Waals surface area contributed by atoms with E-state index >= 15 is 0 Å². The van der Waals surface area contributed by atoms with Crippen molar-refractivity contribution >= 4 is 29.2 Å². The van der Waals surface area contributed by atoms with Gasteiger partial charge in [0.2, 0.25) is 5.95 Å². The molecule has 2 aliphatic heterocycles. The maximum atomic E-state index is 13.3. The molecule has 2 aromatic heterocycles. The Labute approximate surface area is 186 Å². The molecule has 1 fully saturated rings. The Morgan fingerprint density at radius 3 is 2.68 bits per heavy atom. The van der Waals surface area contributed by atoms with E-state index < -0.39 is 0 Å². The highest BCUT2D eigenvalue weighted by molar-refractivity contribution is 6.34. The van der Waals surface area contributed by atoms with Crippen LogP contribution in [0, 0.1) is 11.8 Å². The first-order chi connectivity index (χ1) is 15.0. The number of carbonyl (C=O) groups is 1. The van der Waals surface area contributed by atoms with Crippen molar-refractivity contribution in [1.82, 2.24) is 20.3 Å². The molecule has 0 saturated carbocycles. The zero-order valence-electron chi connectivity index (χ0n) is 17.7. The Bertz CT molecular complexity index is 966. The van der Waals surface area contributed by atoms with Gasteiger partial charge in [0.25, 0.3) is 0 Å². The molecule has 0 aromatic carbocycles. The van der Waals surface area contributed by atoms with Crippen molar-refractivity contribution in [2.45, 2.75) is 25.8 Å². The average Bonchev–Trinajstić information content (AvgIpc) is 2.77. The number of aromatic nitrogens is 3. The van der Waals surface area contributed by atoms with E-state index in [1.165, 1.54) is 0 Å². The molecule has 0 spiro atoms. The fraction of sp³-hybridized carbons (Fsp3) is 0.524. The molecule has 1 saturated heterocycles. The molecule has 9 nitrogen and oxygen atoms in total. The summed E-state index contributed by atoms with van der Waals surface area (Å²) in [5.74, 6) is 1.97. The fourth-order valence-corrected chi connectivity index (χ4v) is 4.68. The summed E-state index contributed by atoms with van der Waals surface area (Å²) in [4.78, 5) is 28.2. The number of rotatable bonds is 6. The van der Waals surface area contributed by atoms with Crippen molar-refractivity contribution in [2.24, 2.45) is 11.8 Å². The first-order valence-corrected chi connectivity index (χ1v) is 10.8.